The van der Waals surface area contributed by atoms with Gasteiger partial charge in [-0.1, -0.05) is 12.8 Å². The van der Waals surface area contributed by atoms with Crippen LogP contribution in [0.3, 0.4) is 0 Å². The van der Waals surface area contributed by atoms with Crippen LogP contribution in [0.5, 0.6) is 0 Å². The molecule has 2 aromatic rings. The fourth-order valence-electron chi connectivity index (χ4n) is 2.96. The van der Waals surface area contributed by atoms with E-state index in [1.807, 2.05) is 6.92 Å². The lowest BCUT2D eigenvalue weighted by Gasteiger charge is -2.27. The van der Waals surface area contributed by atoms with Crippen molar-refractivity contribution in [2.75, 3.05) is 5.73 Å². The molecule has 4 atom stereocenters. The van der Waals surface area contributed by atoms with Crippen LogP contribution in [0.1, 0.15) is 32.1 Å². The molecule has 7 nitrogen and oxygen atoms in total. The van der Waals surface area contributed by atoms with E-state index >= 15 is 0 Å². The zero-order valence-electron chi connectivity index (χ0n) is 12.4. The van der Waals surface area contributed by atoms with Gasteiger partial charge in [-0.25, -0.2) is 9.97 Å². The van der Waals surface area contributed by atoms with Crippen molar-refractivity contribution < 1.29 is 14.9 Å². The summed E-state index contributed by atoms with van der Waals surface area (Å²) in [6.07, 6.45) is 6.77. The van der Waals surface area contributed by atoms with Gasteiger partial charge in [0.2, 0.25) is 0 Å². The summed E-state index contributed by atoms with van der Waals surface area (Å²) in [4.78, 5) is 8.14. The Bertz CT molecular complexity index is 762. The predicted molar refractivity (Wildman–Crippen MR) is 80.7 cm³/mol. The van der Waals surface area contributed by atoms with Crippen LogP contribution in [-0.2, 0) is 4.74 Å². The fraction of sp³-hybridized carbons (Fsp3) is 0.467. The molecular formula is C15H18N4O3. The number of nitrogens with zero attached hydrogens (tertiary/aromatic N) is 3. The summed E-state index contributed by atoms with van der Waals surface area (Å²) in [7, 11) is 0. The normalized spacial score (nSPS) is 31.5. The Morgan fingerprint density at radius 2 is 2.27 bits per heavy atom. The molecule has 4 N–H and O–H groups in total. The zero-order valence-corrected chi connectivity index (χ0v) is 12.4. The standard InChI is InChI=1S/C15H18N4O3/c1-4-8-6-19(13-10(8)12(16)17-7-18-13)14-15(3,21)11(20)9(5-2)22-14/h1,6-7,9,11,14,20-21H,5H2,2-3H3,(H2,16,17,18)/t9?,11?,14-,15-/m1/s1. The number of aliphatic hydroxyl groups is 2. The third kappa shape index (κ3) is 1.89. The molecule has 0 spiro atoms. The van der Waals surface area contributed by atoms with Gasteiger partial charge in [0.1, 0.15) is 29.5 Å². The molecule has 0 radical (unpaired) electrons. The van der Waals surface area contributed by atoms with E-state index in [1.165, 1.54) is 13.3 Å². The molecule has 0 saturated carbocycles. The van der Waals surface area contributed by atoms with Gasteiger partial charge < -0.3 is 25.3 Å². The third-order valence-corrected chi connectivity index (χ3v) is 4.20. The molecule has 1 saturated heterocycles. The summed E-state index contributed by atoms with van der Waals surface area (Å²) in [6.45, 7) is 3.41. The zero-order chi connectivity index (χ0) is 16.1. The topological polar surface area (TPSA) is 106 Å². The molecule has 1 fully saturated rings. The van der Waals surface area contributed by atoms with Crippen LogP contribution < -0.4 is 5.73 Å². The minimum absolute atomic E-state index is 0.266. The van der Waals surface area contributed by atoms with E-state index in [4.69, 9.17) is 16.9 Å². The molecule has 2 unspecified atom stereocenters. The van der Waals surface area contributed by atoms with Crippen LogP contribution in [0.25, 0.3) is 11.0 Å². The Morgan fingerprint density at radius 1 is 1.55 bits per heavy atom. The molecule has 0 aromatic carbocycles. The summed E-state index contributed by atoms with van der Waals surface area (Å²) in [5, 5.41) is 21.5. The number of hydrogen-bond acceptors (Lipinski definition) is 6. The first-order valence-electron chi connectivity index (χ1n) is 7.05. The molecule has 0 amide bonds. The third-order valence-electron chi connectivity index (χ3n) is 4.20. The first kappa shape index (κ1) is 14.8. The monoisotopic (exact) mass is 302 g/mol. The number of rotatable bonds is 2. The van der Waals surface area contributed by atoms with Gasteiger partial charge in [-0.2, -0.15) is 0 Å². The molecule has 3 rings (SSSR count). The maximum absolute atomic E-state index is 10.7. The van der Waals surface area contributed by atoms with E-state index in [1.54, 1.807) is 10.8 Å². The van der Waals surface area contributed by atoms with Crippen molar-refractivity contribution in [2.45, 2.75) is 44.3 Å². The van der Waals surface area contributed by atoms with Crippen molar-refractivity contribution in [3.63, 3.8) is 0 Å². The van der Waals surface area contributed by atoms with Gasteiger partial charge in [0, 0.05) is 6.20 Å². The summed E-state index contributed by atoms with van der Waals surface area (Å²) < 4.78 is 7.44. The van der Waals surface area contributed by atoms with Crippen LogP contribution in [0, 0.1) is 12.3 Å². The molecule has 3 heterocycles. The first-order chi connectivity index (χ1) is 10.4. The molecule has 0 bridgehead atoms. The van der Waals surface area contributed by atoms with Crippen LogP contribution in [0.2, 0.25) is 0 Å². The summed E-state index contributed by atoms with van der Waals surface area (Å²) in [5.74, 6) is 2.80. The highest BCUT2D eigenvalue weighted by Crippen LogP contribution is 2.41. The molecule has 2 aromatic heterocycles. The molecule has 1 aliphatic rings. The number of ether oxygens (including phenoxy) is 1. The number of nitrogen functional groups attached to an aromatic ring is 1. The molecule has 0 aliphatic carbocycles. The number of anilines is 1. The molecule has 22 heavy (non-hydrogen) atoms. The highest BCUT2D eigenvalue weighted by atomic mass is 16.6. The largest absolute Gasteiger partial charge is 0.387 e. The molecule has 116 valence electrons. The van der Waals surface area contributed by atoms with E-state index in [0.29, 0.717) is 23.0 Å². The van der Waals surface area contributed by atoms with Crippen LogP contribution in [-0.4, -0.2) is 42.6 Å². The SMILES string of the molecule is C#Cc1cn([C@@H]2OC(CC)C(O)[C@@]2(C)O)c2ncnc(N)c12. The average Bonchev–Trinajstić information content (AvgIpc) is 2.97. The number of terminal acetylenes is 1. The number of fused-ring (bicyclic) bond motifs is 1. The van der Waals surface area contributed by atoms with Crippen molar-refractivity contribution in [3.05, 3.63) is 18.1 Å². The predicted octanol–water partition coefficient (Wildman–Crippen LogP) is 0.414. The number of hydrogen-bond donors (Lipinski definition) is 3. The van der Waals surface area contributed by atoms with E-state index in [0.717, 1.165) is 0 Å². The van der Waals surface area contributed by atoms with Crippen molar-refractivity contribution in [2.24, 2.45) is 0 Å². The second-order valence-electron chi connectivity index (χ2n) is 5.66. The Morgan fingerprint density at radius 3 is 2.86 bits per heavy atom. The molecule has 7 heteroatoms. The summed E-state index contributed by atoms with van der Waals surface area (Å²) >= 11 is 0. The lowest BCUT2D eigenvalue weighted by atomic mass is 9.95. The second kappa shape index (κ2) is 4.95. The van der Waals surface area contributed by atoms with Gasteiger partial charge in [-0.3, -0.25) is 0 Å². The van der Waals surface area contributed by atoms with Gasteiger partial charge in [0.15, 0.2) is 6.23 Å². The summed E-state index contributed by atoms with van der Waals surface area (Å²) in [6, 6.07) is 0. The summed E-state index contributed by atoms with van der Waals surface area (Å²) in [5.41, 5.74) is 5.39. The smallest absolute Gasteiger partial charge is 0.166 e. The average molecular weight is 302 g/mol. The Balaban J connectivity index is 2.20. The number of aromatic nitrogens is 3. The fourth-order valence-corrected chi connectivity index (χ4v) is 2.96. The maximum atomic E-state index is 10.7. The van der Waals surface area contributed by atoms with Gasteiger partial charge in [0.05, 0.1) is 17.1 Å². The number of aliphatic hydroxyl groups excluding tert-OH is 1. The van der Waals surface area contributed by atoms with E-state index in [9.17, 15) is 10.2 Å². The highest BCUT2D eigenvalue weighted by Gasteiger charge is 2.52. The maximum Gasteiger partial charge on any atom is 0.166 e. The van der Waals surface area contributed by atoms with Gasteiger partial charge in [-0.05, 0) is 13.3 Å². The van der Waals surface area contributed by atoms with Gasteiger partial charge >= 0.3 is 0 Å². The van der Waals surface area contributed by atoms with E-state index in [-0.39, 0.29) is 5.82 Å². The second-order valence-corrected chi connectivity index (χ2v) is 5.66. The highest BCUT2D eigenvalue weighted by molar-refractivity contribution is 5.92. The first-order valence-corrected chi connectivity index (χ1v) is 7.05. The Kier molecular flexibility index (Phi) is 3.33. The van der Waals surface area contributed by atoms with E-state index < -0.39 is 24.0 Å². The Hall–Kier alpha value is -2.14. The lowest BCUT2D eigenvalue weighted by molar-refractivity contribution is -0.0937. The lowest BCUT2D eigenvalue weighted by Crippen LogP contribution is -2.43. The van der Waals surface area contributed by atoms with Crippen LogP contribution in [0.15, 0.2) is 12.5 Å². The molecular weight excluding hydrogens is 284 g/mol. The molecule has 1 aliphatic heterocycles. The van der Waals surface area contributed by atoms with Crippen molar-refractivity contribution in [1.82, 2.24) is 14.5 Å². The minimum Gasteiger partial charge on any atom is -0.387 e. The van der Waals surface area contributed by atoms with Crippen molar-refractivity contribution >= 4 is 16.9 Å². The van der Waals surface area contributed by atoms with Crippen LogP contribution >= 0.6 is 0 Å². The minimum atomic E-state index is -1.47. The van der Waals surface area contributed by atoms with Gasteiger partial charge in [0.25, 0.3) is 0 Å². The number of nitrogens with two attached hydrogens (primary N) is 1. The van der Waals surface area contributed by atoms with Crippen LogP contribution in [0.4, 0.5) is 5.82 Å². The quantitative estimate of drug-likeness (QED) is 0.694. The van der Waals surface area contributed by atoms with Crippen molar-refractivity contribution in [3.8, 4) is 12.3 Å². The van der Waals surface area contributed by atoms with E-state index in [2.05, 4.69) is 15.9 Å². The van der Waals surface area contributed by atoms with Crippen molar-refractivity contribution in [1.29, 1.82) is 0 Å². The Labute approximate surface area is 127 Å². The van der Waals surface area contributed by atoms with Gasteiger partial charge in [-0.15, -0.1) is 6.42 Å².